The van der Waals surface area contributed by atoms with Crippen LogP contribution in [0.1, 0.15) is 16.1 Å². The van der Waals surface area contributed by atoms with Crippen LogP contribution < -0.4 is 10.6 Å². The normalized spacial score (nSPS) is 17.6. The van der Waals surface area contributed by atoms with Crippen LogP contribution in [0.15, 0.2) is 53.1 Å². The fraction of sp³-hybridized carbons (Fsp3) is 0.350. The molecule has 1 aliphatic rings. The smallest absolute Gasteiger partial charge is 0.328 e. The van der Waals surface area contributed by atoms with E-state index in [4.69, 9.17) is 9.15 Å². The summed E-state index contributed by atoms with van der Waals surface area (Å²) in [5.41, 5.74) is 0.907. The van der Waals surface area contributed by atoms with Gasteiger partial charge in [0, 0.05) is 26.1 Å². The fourth-order valence-electron chi connectivity index (χ4n) is 3.12. The van der Waals surface area contributed by atoms with Crippen molar-refractivity contribution in [3.63, 3.8) is 0 Å². The number of methoxy groups -OCH3 is 1. The number of nitrogens with zero attached hydrogens (tertiary/aromatic N) is 1. The summed E-state index contributed by atoms with van der Waals surface area (Å²) in [4.78, 5) is 38.9. The summed E-state index contributed by atoms with van der Waals surface area (Å²) in [5.74, 6) is -0.907. The van der Waals surface area contributed by atoms with Crippen molar-refractivity contribution >= 4 is 17.8 Å². The number of amides is 2. The van der Waals surface area contributed by atoms with Gasteiger partial charge in [0.1, 0.15) is 12.1 Å². The first-order valence-corrected chi connectivity index (χ1v) is 9.06. The van der Waals surface area contributed by atoms with Gasteiger partial charge in [-0.25, -0.2) is 4.79 Å². The lowest BCUT2D eigenvalue weighted by Crippen LogP contribution is -2.60. The third kappa shape index (κ3) is 4.77. The quantitative estimate of drug-likeness (QED) is 0.706. The van der Waals surface area contributed by atoms with Crippen LogP contribution >= 0.6 is 0 Å². The Morgan fingerprint density at radius 1 is 1.25 bits per heavy atom. The zero-order valence-electron chi connectivity index (χ0n) is 15.6. The molecule has 0 radical (unpaired) electrons. The van der Waals surface area contributed by atoms with E-state index in [2.05, 4.69) is 10.6 Å². The minimum absolute atomic E-state index is 0.185. The molecule has 0 spiro atoms. The second-order valence-corrected chi connectivity index (χ2v) is 6.51. The van der Waals surface area contributed by atoms with E-state index >= 15 is 0 Å². The first-order valence-electron chi connectivity index (χ1n) is 9.06. The highest BCUT2D eigenvalue weighted by Crippen LogP contribution is 2.10. The fourth-order valence-corrected chi connectivity index (χ4v) is 3.12. The molecular weight excluding hydrogens is 362 g/mol. The topological polar surface area (TPSA) is 101 Å². The van der Waals surface area contributed by atoms with Gasteiger partial charge < -0.3 is 24.7 Å². The molecule has 0 bridgehead atoms. The van der Waals surface area contributed by atoms with E-state index in [1.807, 2.05) is 30.3 Å². The van der Waals surface area contributed by atoms with Crippen LogP contribution in [0.3, 0.4) is 0 Å². The first kappa shape index (κ1) is 19.6. The molecule has 1 aromatic heterocycles. The number of carbonyl (C=O) groups excluding carboxylic acids is 3. The molecule has 148 valence electrons. The van der Waals surface area contributed by atoms with Crippen molar-refractivity contribution in [3.05, 3.63) is 60.1 Å². The third-order valence-corrected chi connectivity index (χ3v) is 4.60. The first-order chi connectivity index (χ1) is 13.6. The molecule has 2 atom stereocenters. The Bertz CT molecular complexity index is 807. The molecule has 8 heteroatoms. The largest absolute Gasteiger partial charge is 0.467 e. The molecule has 0 aliphatic carbocycles. The summed E-state index contributed by atoms with van der Waals surface area (Å²) in [7, 11) is 1.29. The van der Waals surface area contributed by atoms with E-state index in [-0.39, 0.29) is 24.1 Å². The molecule has 1 aromatic carbocycles. The zero-order chi connectivity index (χ0) is 19.9. The van der Waals surface area contributed by atoms with Gasteiger partial charge in [0.2, 0.25) is 5.91 Å². The van der Waals surface area contributed by atoms with E-state index in [1.54, 1.807) is 17.0 Å². The number of hydrogen-bond acceptors (Lipinski definition) is 6. The average molecular weight is 385 g/mol. The number of nitrogens with one attached hydrogen (secondary N) is 2. The van der Waals surface area contributed by atoms with Crippen LogP contribution in [0.2, 0.25) is 0 Å². The Morgan fingerprint density at radius 3 is 2.71 bits per heavy atom. The minimum atomic E-state index is -0.808. The van der Waals surface area contributed by atoms with Gasteiger partial charge in [-0.05, 0) is 17.7 Å². The highest BCUT2D eigenvalue weighted by molar-refractivity contribution is 5.93. The number of ether oxygens (including phenoxy) is 1. The Labute approximate surface area is 162 Å². The van der Waals surface area contributed by atoms with Crippen LogP contribution in [0.4, 0.5) is 0 Å². The van der Waals surface area contributed by atoms with E-state index in [1.165, 1.54) is 13.4 Å². The summed E-state index contributed by atoms with van der Waals surface area (Å²) in [6.07, 6.45) is 1.76. The van der Waals surface area contributed by atoms with Crippen molar-refractivity contribution in [2.45, 2.75) is 18.5 Å². The van der Waals surface area contributed by atoms with Gasteiger partial charge in [-0.15, -0.1) is 0 Å². The average Bonchev–Trinajstić information content (AvgIpc) is 3.28. The standard InChI is InChI=1S/C20H23N3O5/c1-27-20(26)15(12-14-6-3-2-4-7-14)22-18(24)16-13-23(10-9-21-16)19(25)17-8-5-11-28-17/h2-8,11,15-16,21H,9-10,12-13H2,1H3,(H,22,24)/t15-,16-/m1/s1. The Hall–Kier alpha value is -3.13. The second kappa shape index (κ2) is 9.18. The summed E-state index contributed by atoms with van der Waals surface area (Å²) in [6, 6.07) is 11.2. The zero-order valence-corrected chi connectivity index (χ0v) is 15.6. The second-order valence-electron chi connectivity index (χ2n) is 6.51. The molecule has 0 saturated carbocycles. The Kier molecular flexibility index (Phi) is 6.44. The predicted octanol–water partition coefficient (Wildman–Crippen LogP) is 0.594. The number of piperazine rings is 1. The van der Waals surface area contributed by atoms with E-state index in [9.17, 15) is 14.4 Å². The van der Waals surface area contributed by atoms with Crippen molar-refractivity contribution in [3.8, 4) is 0 Å². The SMILES string of the molecule is COC(=O)[C@@H](Cc1ccccc1)NC(=O)[C@H]1CN(C(=O)c2ccco2)CCN1. The van der Waals surface area contributed by atoms with Crippen LogP contribution in [-0.2, 0) is 20.7 Å². The van der Waals surface area contributed by atoms with Gasteiger partial charge in [-0.3, -0.25) is 9.59 Å². The monoisotopic (exact) mass is 385 g/mol. The molecule has 3 rings (SSSR count). The van der Waals surface area contributed by atoms with Gasteiger partial charge >= 0.3 is 5.97 Å². The van der Waals surface area contributed by atoms with Crippen LogP contribution in [0.5, 0.6) is 0 Å². The lowest BCUT2D eigenvalue weighted by molar-refractivity contribution is -0.145. The maximum absolute atomic E-state index is 12.7. The van der Waals surface area contributed by atoms with Crippen molar-refractivity contribution in [1.82, 2.24) is 15.5 Å². The lowest BCUT2D eigenvalue weighted by Gasteiger charge is -2.33. The van der Waals surface area contributed by atoms with Crippen molar-refractivity contribution in [2.75, 3.05) is 26.7 Å². The van der Waals surface area contributed by atoms with Crippen LogP contribution in [0.25, 0.3) is 0 Å². The highest BCUT2D eigenvalue weighted by atomic mass is 16.5. The van der Waals surface area contributed by atoms with Gasteiger partial charge in [-0.1, -0.05) is 30.3 Å². The van der Waals surface area contributed by atoms with E-state index in [0.29, 0.717) is 19.5 Å². The molecule has 1 fully saturated rings. The number of rotatable bonds is 6. The van der Waals surface area contributed by atoms with Gasteiger partial charge in [-0.2, -0.15) is 0 Å². The molecule has 28 heavy (non-hydrogen) atoms. The summed E-state index contributed by atoms with van der Waals surface area (Å²) < 4.78 is 9.98. The number of furan rings is 1. The maximum Gasteiger partial charge on any atom is 0.328 e. The third-order valence-electron chi connectivity index (χ3n) is 4.60. The van der Waals surface area contributed by atoms with Crippen molar-refractivity contribution in [1.29, 1.82) is 0 Å². The molecule has 1 saturated heterocycles. The number of hydrogen-bond donors (Lipinski definition) is 2. The van der Waals surface area contributed by atoms with E-state index in [0.717, 1.165) is 5.56 Å². The van der Waals surface area contributed by atoms with Gasteiger partial charge in [0.25, 0.3) is 5.91 Å². The van der Waals surface area contributed by atoms with Crippen LogP contribution in [-0.4, -0.2) is 61.5 Å². The Balaban J connectivity index is 1.63. The number of benzene rings is 1. The van der Waals surface area contributed by atoms with Gasteiger partial charge in [0.15, 0.2) is 5.76 Å². The molecule has 1 aliphatic heterocycles. The molecule has 2 heterocycles. The van der Waals surface area contributed by atoms with Crippen molar-refractivity contribution in [2.24, 2.45) is 0 Å². The number of esters is 1. The molecule has 0 unspecified atom stereocenters. The van der Waals surface area contributed by atoms with Crippen molar-refractivity contribution < 1.29 is 23.5 Å². The summed E-state index contributed by atoms with van der Waals surface area (Å²) in [5, 5.41) is 5.83. The van der Waals surface area contributed by atoms with Crippen LogP contribution in [0, 0.1) is 0 Å². The van der Waals surface area contributed by atoms with E-state index < -0.39 is 18.1 Å². The minimum Gasteiger partial charge on any atom is -0.467 e. The summed E-state index contributed by atoms with van der Waals surface area (Å²) >= 11 is 0. The Morgan fingerprint density at radius 2 is 2.04 bits per heavy atom. The molecule has 2 aromatic rings. The van der Waals surface area contributed by atoms with Gasteiger partial charge in [0.05, 0.1) is 13.4 Å². The molecule has 8 nitrogen and oxygen atoms in total. The maximum atomic E-state index is 12.7. The molecule has 2 amide bonds. The summed E-state index contributed by atoms with van der Waals surface area (Å²) in [6.45, 7) is 1.12. The highest BCUT2D eigenvalue weighted by Gasteiger charge is 2.32. The lowest BCUT2D eigenvalue weighted by atomic mass is 10.1. The number of carbonyl (C=O) groups is 3. The predicted molar refractivity (Wildman–Crippen MR) is 100 cm³/mol. The molecule has 2 N–H and O–H groups in total. The molecular formula is C20H23N3O5.